The van der Waals surface area contributed by atoms with Gasteiger partial charge in [0.05, 0.1) is 0 Å². The highest BCUT2D eigenvalue weighted by Crippen LogP contribution is 2.23. The molecule has 2 aromatic carbocycles. The Morgan fingerprint density at radius 3 is 2.39 bits per heavy atom. The monoisotopic (exact) mass is 451 g/mol. The highest BCUT2D eigenvalue weighted by atomic mass is 19.1. The second-order valence-corrected chi connectivity index (χ2v) is 8.53. The van der Waals surface area contributed by atoms with Crippen molar-refractivity contribution in [3.63, 3.8) is 0 Å². The van der Waals surface area contributed by atoms with Gasteiger partial charge in [-0.1, -0.05) is 48.5 Å². The molecule has 1 aliphatic heterocycles. The Kier molecular flexibility index (Phi) is 6.82. The Hall–Kier alpha value is -3.55. The van der Waals surface area contributed by atoms with Gasteiger partial charge in [0.1, 0.15) is 17.9 Å². The van der Waals surface area contributed by atoms with Gasteiger partial charge in [-0.15, -0.1) is 0 Å². The van der Waals surface area contributed by atoms with Crippen LogP contribution in [0.25, 0.3) is 0 Å². The molecule has 7 nitrogen and oxygen atoms in total. The number of halogens is 1. The van der Waals surface area contributed by atoms with Gasteiger partial charge in [0, 0.05) is 31.0 Å². The Balaban J connectivity index is 1.49. The predicted octanol–water partition coefficient (Wildman–Crippen LogP) is 1.89. The van der Waals surface area contributed by atoms with Crippen LogP contribution in [0.15, 0.2) is 54.6 Å². The first-order chi connectivity index (χ1) is 15.9. The Morgan fingerprint density at radius 2 is 1.70 bits per heavy atom. The fourth-order valence-corrected chi connectivity index (χ4v) is 3.98. The van der Waals surface area contributed by atoms with E-state index in [1.807, 2.05) is 30.3 Å². The number of benzene rings is 2. The van der Waals surface area contributed by atoms with Crippen molar-refractivity contribution in [3.8, 4) is 0 Å². The van der Waals surface area contributed by atoms with Crippen molar-refractivity contribution in [3.05, 3.63) is 71.5 Å². The normalized spacial score (nSPS) is 18.6. The second kappa shape index (κ2) is 9.94. The van der Waals surface area contributed by atoms with E-state index in [1.54, 1.807) is 18.2 Å². The number of carbonyl (C=O) groups excluding carboxylic acids is 4. The van der Waals surface area contributed by atoms with Crippen LogP contribution in [0.2, 0.25) is 0 Å². The molecule has 2 unspecified atom stereocenters. The molecule has 0 radical (unpaired) electrons. The molecule has 1 saturated carbocycles. The second-order valence-electron chi connectivity index (χ2n) is 8.53. The van der Waals surface area contributed by atoms with Crippen LogP contribution in [0.3, 0.4) is 0 Å². The van der Waals surface area contributed by atoms with Gasteiger partial charge in [-0.05, 0) is 30.9 Å². The molecular weight excluding hydrogens is 425 g/mol. The highest BCUT2D eigenvalue weighted by molar-refractivity contribution is 6.38. The molecule has 0 spiro atoms. The van der Waals surface area contributed by atoms with E-state index in [-0.39, 0.29) is 37.8 Å². The molecule has 3 amide bonds. The Bertz CT molecular complexity index is 1050. The maximum absolute atomic E-state index is 14.1. The number of likely N-dealkylation sites (tertiary alicyclic amines) is 1. The molecule has 8 heteroatoms. The summed E-state index contributed by atoms with van der Waals surface area (Å²) in [5, 5.41) is 5.37. The van der Waals surface area contributed by atoms with E-state index < -0.39 is 35.5 Å². The van der Waals surface area contributed by atoms with Crippen molar-refractivity contribution in [2.45, 2.75) is 56.8 Å². The first-order valence-corrected chi connectivity index (χ1v) is 11.1. The topological polar surface area (TPSA) is 95.6 Å². The lowest BCUT2D eigenvalue weighted by Gasteiger charge is -2.26. The van der Waals surface area contributed by atoms with Gasteiger partial charge >= 0.3 is 0 Å². The third-order valence-corrected chi connectivity index (χ3v) is 5.98. The molecule has 1 heterocycles. The summed E-state index contributed by atoms with van der Waals surface area (Å²) in [7, 11) is 0. The number of nitrogens with zero attached hydrogens (tertiary/aromatic N) is 1. The molecule has 0 bridgehead atoms. The van der Waals surface area contributed by atoms with Crippen LogP contribution >= 0.6 is 0 Å². The van der Waals surface area contributed by atoms with Crippen LogP contribution in [-0.4, -0.2) is 46.5 Å². The fourth-order valence-electron chi connectivity index (χ4n) is 3.98. The van der Waals surface area contributed by atoms with E-state index in [2.05, 4.69) is 10.6 Å². The average molecular weight is 451 g/mol. The van der Waals surface area contributed by atoms with E-state index in [0.29, 0.717) is 5.56 Å². The minimum atomic E-state index is -1.07. The van der Waals surface area contributed by atoms with E-state index in [1.165, 1.54) is 11.0 Å². The number of hydrogen-bond acceptors (Lipinski definition) is 4. The number of Topliss-reactive ketones (excluding diaryl/α,β-unsaturated/α-hetero) is 1. The lowest BCUT2D eigenvalue weighted by Crippen LogP contribution is -2.53. The third kappa shape index (κ3) is 5.63. The predicted molar refractivity (Wildman–Crippen MR) is 118 cm³/mol. The zero-order valence-electron chi connectivity index (χ0n) is 18.1. The van der Waals surface area contributed by atoms with Crippen molar-refractivity contribution in [2.75, 3.05) is 0 Å². The van der Waals surface area contributed by atoms with Crippen LogP contribution in [-0.2, 0) is 32.1 Å². The first kappa shape index (κ1) is 22.6. The third-order valence-electron chi connectivity index (χ3n) is 5.98. The summed E-state index contributed by atoms with van der Waals surface area (Å²) < 4.78 is 14.1. The van der Waals surface area contributed by atoms with Crippen molar-refractivity contribution in [1.29, 1.82) is 0 Å². The highest BCUT2D eigenvalue weighted by Gasteiger charge is 2.39. The summed E-state index contributed by atoms with van der Waals surface area (Å²) >= 11 is 0. The van der Waals surface area contributed by atoms with Gasteiger partial charge in [0.2, 0.25) is 17.6 Å². The van der Waals surface area contributed by atoms with Gasteiger partial charge in [-0.2, -0.15) is 0 Å². The maximum Gasteiger partial charge on any atom is 0.289 e. The molecule has 4 rings (SSSR count). The minimum Gasteiger partial charge on any atom is -0.347 e. The number of ketones is 1. The molecule has 2 aliphatic rings. The summed E-state index contributed by atoms with van der Waals surface area (Å²) in [6, 6.07) is 13.3. The smallest absolute Gasteiger partial charge is 0.289 e. The van der Waals surface area contributed by atoms with Crippen LogP contribution in [0.4, 0.5) is 4.39 Å². The van der Waals surface area contributed by atoms with Crippen molar-refractivity contribution in [2.24, 2.45) is 0 Å². The lowest BCUT2D eigenvalue weighted by molar-refractivity contribution is -0.141. The van der Waals surface area contributed by atoms with E-state index >= 15 is 0 Å². The van der Waals surface area contributed by atoms with E-state index in [9.17, 15) is 23.6 Å². The lowest BCUT2D eigenvalue weighted by atomic mass is 10.0. The molecule has 33 heavy (non-hydrogen) atoms. The van der Waals surface area contributed by atoms with Crippen molar-refractivity contribution in [1.82, 2.24) is 15.5 Å². The molecule has 2 fully saturated rings. The fraction of sp³-hybridized carbons (Fsp3) is 0.360. The van der Waals surface area contributed by atoms with Gasteiger partial charge in [0.15, 0.2) is 0 Å². The van der Waals surface area contributed by atoms with Crippen LogP contribution in [0.1, 0.15) is 36.8 Å². The summed E-state index contributed by atoms with van der Waals surface area (Å²) in [5.74, 6) is -2.67. The van der Waals surface area contributed by atoms with E-state index in [0.717, 1.165) is 18.4 Å². The summed E-state index contributed by atoms with van der Waals surface area (Å²) in [6.07, 6.45) is 2.25. The molecule has 0 aromatic heterocycles. The number of carbonyl (C=O) groups is 4. The first-order valence-electron chi connectivity index (χ1n) is 11.1. The van der Waals surface area contributed by atoms with Gasteiger partial charge in [0.25, 0.3) is 5.91 Å². The summed E-state index contributed by atoms with van der Waals surface area (Å²) in [4.78, 5) is 52.2. The maximum atomic E-state index is 14.1. The quantitative estimate of drug-likeness (QED) is 0.569. The molecule has 1 saturated heterocycles. The number of amides is 3. The number of nitrogens with one attached hydrogen (secondary N) is 2. The van der Waals surface area contributed by atoms with Gasteiger partial charge < -0.3 is 15.5 Å². The molecule has 1 aliphatic carbocycles. The van der Waals surface area contributed by atoms with Gasteiger partial charge in [-0.3, -0.25) is 19.2 Å². The van der Waals surface area contributed by atoms with Gasteiger partial charge in [-0.25, -0.2) is 4.39 Å². The number of hydrogen-bond donors (Lipinski definition) is 2. The average Bonchev–Trinajstić information content (AvgIpc) is 3.55. The molecule has 2 N–H and O–H groups in total. The summed E-state index contributed by atoms with van der Waals surface area (Å²) in [6.45, 7) is -0.0386. The molecular formula is C25H26FN3O4. The molecule has 172 valence electrons. The van der Waals surface area contributed by atoms with E-state index in [4.69, 9.17) is 0 Å². The Morgan fingerprint density at radius 1 is 1.00 bits per heavy atom. The van der Waals surface area contributed by atoms with Crippen LogP contribution in [0, 0.1) is 5.82 Å². The van der Waals surface area contributed by atoms with Crippen LogP contribution in [0.5, 0.6) is 0 Å². The largest absolute Gasteiger partial charge is 0.347 e. The molecule has 2 aromatic rings. The van der Waals surface area contributed by atoms with Crippen LogP contribution < -0.4 is 10.6 Å². The van der Waals surface area contributed by atoms with Crippen molar-refractivity contribution >= 4 is 23.5 Å². The SMILES string of the molecule is O=C(NC1CC1)C(=O)C(Cc1ccccc1)NC(=O)C1CCC(=O)N1Cc1ccccc1F. The zero-order valence-corrected chi connectivity index (χ0v) is 18.1. The molecule has 2 atom stereocenters. The van der Waals surface area contributed by atoms with Crippen molar-refractivity contribution < 1.29 is 23.6 Å². The zero-order chi connectivity index (χ0) is 23.4. The summed E-state index contributed by atoms with van der Waals surface area (Å²) in [5.41, 5.74) is 1.10. The Labute approximate surface area is 191 Å². The standard InChI is InChI=1S/C25H26FN3O4/c26-19-9-5-4-8-17(19)15-29-21(12-13-22(29)30)24(32)28-20(14-16-6-2-1-3-7-16)23(31)25(33)27-18-10-11-18/h1-9,18,20-21H,10-15H2,(H,27,33)(H,28,32). The number of rotatable bonds is 9. The minimum absolute atomic E-state index is 0.0123.